The fraction of sp³-hybridized carbons (Fsp3) is 0.714. The minimum Gasteiger partial charge on any atom is -0.330 e. The first-order chi connectivity index (χ1) is 8.58. The molecule has 102 valence electrons. The normalized spacial score (nSPS) is 14.4. The van der Waals surface area contributed by atoms with Crippen molar-refractivity contribution in [3.8, 4) is 0 Å². The number of carbonyl (C=O) groups excluding carboxylic acids is 1. The van der Waals surface area contributed by atoms with Crippen LogP contribution in [0.25, 0.3) is 0 Å². The van der Waals surface area contributed by atoms with Gasteiger partial charge in [-0.05, 0) is 38.8 Å². The van der Waals surface area contributed by atoms with Crippen molar-refractivity contribution < 1.29 is 4.79 Å². The van der Waals surface area contributed by atoms with E-state index in [1.54, 1.807) is 0 Å². The zero-order valence-electron chi connectivity index (χ0n) is 11.7. The van der Waals surface area contributed by atoms with Crippen LogP contribution in [0.2, 0.25) is 0 Å². The molecule has 0 radical (unpaired) electrons. The first-order valence-electron chi connectivity index (χ1n) is 6.85. The Hall–Kier alpha value is -1.16. The smallest absolute Gasteiger partial charge is 0.141 e. The number of nitrogens with two attached hydrogens (primary N) is 1. The van der Waals surface area contributed by atoms with Crippen LogP contribution in [0.1, 0.15) is 51.8 Å². The number of hydrogen-bond donors (Lipinski definition) is 1. The average Bonchev–Trinajstić information content (AvgIpc) is 2.83. The molecule has 1 aromatic heterocycles. The molecule has 4 heteroatoms. The number of ketones is 1. The summed E-state index contributed by atoms with van der Waals surface area (Å²) in [5.41, 5.74) is 6.33. The van der Waals surface area contributed by atoms with Crippen molar-refractivity contribution in [2.75, 3.05) is 6.54 Å². The molecule has 0 bridgehead atoms. The van der Waals surface area contributed by atoms with Crippen molar-refractivity contribution in [1.29, 1.82) is 0 Å². The highest BCUT2D eigenvalue weighted by Crippen LogP contribution is 2.12. The second-order valence-electron chi connectivity index (χ2n) is 5.02. The minimum absolute atomic E-state index is 0.0855. The van der Waals surface area contributed by atoms with E-state index >= 15 is 0 Å². The third-order valence-electron chi connectivity index (χ3n) is 3.45. The van der Waals surface area contributed by atoms with Gasteiger partial charge in [0, 0.05) is 18.2 Å². The number of nitrogens with zero attached hydrogens (tertiary/aromatic N) is 2. The molecule has 2 atom stereocenters. The predicted molar refractivity (Wildman–Crippen MR) is 73.4 cm³/mol. The van der Waals surface area contributed by atoms with E-state index in [1.807, 2.05) is 23.9 Å². The van der Waals surface area contributed by atoms with Gasteiger partial charge in [0.05, 0.1) is 12.1 Å². The third-order valence-corrected chi connectivity index (χ3v) is 3.45. The summed E-state index contributed by atoms with van der Waals surface area (Å²) >= 11 is 0. The number of hydrogen-bond acceptors (Lipinski definition) is 3. The molecule has 2 unspecified atom stereocenters. The lowest BCUT2D eigenvalue weighted by molar-refractivity contribution is -0.122. The fourth-order valence-electron chi connectivity index (χ4n) is 1.84. The monoisotopic (exact) mass is 251 g/mol. The molecule has 0 aliphatic rings. The summed E-state index contributed by atoms with van der Waals surface area (Å²) < 4.78 is 1.94. The van der Waals surface area contributed by atoms with Crippen LogP contribution in [0.3, 0.4) is 0 Å². The highest BCUT2D eigenvalue weighted by Gasteiger charge is 2.15. The van der Waals surface area contributed by atoms with E-state index in [-0.39, 0.29) is 11.7 Å². The average molecular weight is 251 g/mol. The second-order valence-corrected chi connectivity index (χ2v) is 5.02. The van der Waals surface area contributed by atoms with Crippen molar-refractivity contribution in [3.05, 3.63) is 18.0 Å². The predicted octanol–water partition coefficient (Wildman–Crippen LogP) is 2.34. The molecule has 0 aliphatic carbocycles. The van der Waals surface area contributed by atoms with Gasteiger partial charge >= 0.3 is 0 Å². The molecule has 0 saturated heterocycles. The van der Waals surface area contributed by atoms with Gasteiger partial charge < -0.3 is 5.73 Å². The molecule has 18 heavy (non-hydrogen) atoms. The molecule has 2 N–H and O–H groups in total. The molecule has 1 aromatic rings. The summed E-state index contributed by atoms with van der Waals surface area (Å²) in [6.45, 7) is 6.89. The lowest BCUT2D eigenvalue weighted by Crippen LogP contribution is -2.16. The van der Waals surface area contributed by atoms with Gasteiger partial charge in [-0.2, -0.15) is 5.10 Å². The quantitative estimate of drug-likeness (QED) is 0.771. The second kappa shape index (κ2) is 7.31. The molecule has 0 aromatic carbocycles. The van der Waals surface area contributed by atoms with E-state index in [0.717, 1.165) is 25.0 Å². The summed E-state index contributed by atoms with van der Waals surface area (Å²) in [4.78, 5) is 12.0. The zero-order valence-corrected chi connectivity index (χ0v) is 11.7. The molecule has 0 spiro atoms. The zero-order chi connectivity index (χ0) is 13.5. The van der Waals surface area contributed by atoms with Crippen LogP contribution in [0.5, 0.6) is 0 Å². The van der Waals surface area contributed by atoms with Crippen molar-refractivity contribution >= 4 is 5.78 Å². The van der Waals surface area contributed by atoms with Gasteiger partial charge in [-0.15, -0.1) is 0 Å². The number of Topliss-reactive ketones (excluding diaryl/α,β-unsaturated/α-hetero) is 1. The first kappa shape index (κ1) is 14.9. The van der Waals surface area contributed by atoms with Crippen LogP contribution >= 0.6 is 0 Å². The Balaban J connectivity index is 2.51. The summed E-state index contributed by atoms with van der Waals surface area (Å²) in [7, 11) is 0. The summed E-state index contributed by atoms with van der Waals surface area (Å²) in [6.07, 6.45) is 5.23. The van der Waals surface area contributed by atoms with E-state index in [0.29, 0.717) is 19.0 Å². The SMILES string of the molecule is CCC(C)n1ccc(CC(=O)C(C)CCCN)n1. The van der Waals surface area contributed by atoms with Gasteiger partial charge in [0.15, 0.2) is 0 Å². The first-order valence-corrected chi connectivity index (χ1v) is 6.85. The summed E-state index contributed by atoms with van der Waals surface area (Å²) in [5.74, 6) is 0.347. The number of rotatable bonds is 8. The highest BCUT2D eigenvalue weighted by atomic mass is 16.1. The van der Waals surface area contributed by atoms with Crippen LogP contribution in [0.4, 0.5) is 0 Å². The number of carbonyl (C=O) groups is 1. The van der Waals surface area contributed by atoms with Crippen LogP contribution < -0.4 is 5.73 Å². The van der Waals surface area contributed by atoms with Gasteiger partial charge in [0.25, 0.3) is 0 Å². The molecular formula is C14H25N3O. The van der Waals surface area contributed by atoms with Crippen molar-refractivity contribution in [1.82, 2.24) is 9.78 Å². The summed E-state index contributed by atoms with van der Waals surface area (Å²) in [6, 6.07) is 2.34. The van der Waals surface area contributed by atoms with Crippen LogP contribution in [0.15, 0.2) is 12.3 Å². The Bertz CT molecular complexity index is 373. The van der Waals surface area contributed by atoms with Gasteiger partial charge in [0.2, 0.25) is 0 Å². The maximum absolute atomic E-state index is 12.0. The Morgan fingerprint density at radius 1 is 1.50 bits per heavy atom. The van der Waals surface area contributed by atoms with E-state index < -0.39 is 0 Å². The molecule has 1 rings (SSSR count). The lowest BCUT2D eigenvalue weighted by Gasteiger charge is -2.09. The van der Waals surface area contributed by atoms with Gasteiger partial charge in [-0.3, -0.25) is 9.48 Å². The maximum Gasteiger partial charge on any atom is 0.141 e. The highest BCUT2D eigenvalue weighted by molar-refractivity contribution is 5.82. The third kappa shape index (κ3) is 4.26. The van der Waals surface area contributed by atoms with Crippen LogP contribution in [-0.2, 0) is 11.2 Å². The molecule has 4 nitrogen and oxygen atoms in total. The van der Waals surface area contributed by atoms with E-state index in [4.69, 9.17) is 5.73 Å². The van der Waals surface area contributed by atoms with E-state index in [1.165, 1.54) is 0 Å². The standard InChI is InChI=1S/C14H25N3O/c1-4-12(3)17-9-7-13(16-17)10-14(18)11(2)6-5-8-15/h7,9,11-12H,4-6,8,10,15H2,1-3H3. The van der Waals surface area contributed by atoms with Gasteiger partial charge in [0.1, 0.15) is 5.78 Å². The van der Waals surface area contributed by atoms with Crippen molar-refractivity contribution in [2.24, 2.45) is 11.7 Å². The number of aromatic nitrogens is 2. The molecule has 0 fully saturated rings. The Morgan fingerprint density at radius 3 is 2.83 bits per heavy atom. The minimum atomic E-state index is 0.0855. The van der Waals surface area contributed by atoms with Gasteiger partial charge in [-0.1, -0.05) is 13.8 Å². The lowest BCUT2D eigenvalue weighted by atomic mass is 9.97. The largest absolute Gasteiger partial charge is 0.330 e. The topological polar surface area (TPSA) is 60.9 Å². The Labute approximate surface area is 110 Å². The molecule has 1 heterocycles. The van der Waals surface area contributed by atoms with Crippen molar-refractivity contribution in [3.63, 3.8) is 0 Å². The van der Waals surface area contributed by atoms with Crippen LogP contribution in [-0.4, -0.2) is 22.1 Å². The fourth-order valence-corrected chi connectivity index (χ4v) is 1.84. The molecular weight excluding hydrogens is 226 g/mol. The van der Waals surface area contributed by atoms with Gasteiger partial charge in [-0.25, -0.2) is 0 Å². The van der Waals surface area contributed by atoms with Crippen molar-refractivity contribution in [2.45, 2.75) is 52.5 Å². The van der Waals surface area contributed by atoms with E-state index in [9.17, 15) is 4.79 Å². The van der Waals surface area contributed by atoms with Crippen LogP contribution in [0, 0.1) is 5.92 Å². The van der Waals surface area contributed by atoms with E-state index in [2.05, 4.69) is 18.9 Å². The Morgan fingerprint density at radius 2 is 2.22 bits per heavy atom. The molecule has 0 saturated carbocycles. The Kier molecular flexibility index (Phi) is 6.05. The summed E-state index contributed by atoms with van der Waals surface area (Å²) in [5, 5.41) is 4.45. The molecule has 0 aliphatic heterocycles. The molecule has 0 amide bonds. The maximum atomic E-state index is 12.0.